The molecule has 22 heavy (non-hydrogen) atoms. The Morgan fingerprint density at radius 1 is 1.18 bits per heavy atom. The minimum atomic E-state index is -0.236. The van der Waals surface area contributed by atoms with E-state index in [4.69, 9.17) is 5.73 Å². The molecule has 0 radical (unpaired) electrons. The fourth-order valence-electron chi connectivity index (χ4n) is 2.66. The van der Waals surface area contributed by atoms with Crippen LogP contribution in [-0.2, 0) is 9.59 Å². The number of nitrogens with one attached hydrogen (secondary N) is 2. The Balaban J connectivity index is 1.96. The molecule has 1 aliphatic rings. The topological polar surface area (TPSA) is 84.2 Å². The lowest BCUT2D eigenvalue weighted by atomic mass is 9.88. The van der Waals surface area contributed by atoms with Gasteiger partial charge in [-0.3, -0.25) is 9.59 Å². The van der Waals surface area contributed by atoms with Gasteiger partial charge in [0.1, 0.15) is 0 Å². The summed E-state index contributed by atoms with van der Waals surface area (Å²) < 4.78 is 0. The molecule has 0 heterocycles. The van der Waals surface area contributed by atoms with Crippen LogP contribution in [0.25, 0.3) is 0 Å². The van der Waals surface area contributed by atoms with Crippen molar-refractivity contribution in [2.75, 3.05) is 17.2 Å². The van der Waals surface area contributed by atoms with Crippen LogP contribution in [0.15, 0.2) is 24.3 Å². The predicted molar refractivity (Wildman–Crippen MR) is 88.5 cm³/mol. The van der Waals surface area contributed by atoms with Gasteiger partial charge >= 0.3 is 0 Å². The van der Waals surface area contributed by atoms with Crippen molar-refractivity contribution in [3.05, 3.63) is 24.3 Å². The summed E-state index contributed by atoms with van der Waals surface area (Å²) in [7, 11) is 0. The number of carbonyl (C=O) groups is 2. The molecule has 0 bridgehead atoms. The molecule has 0 saturated heterocycles. The third kappa shape index (κ3) is 4.56. The summed E-state index contributed by atoms with van der Waals surface area (Å²) in [6, 6.07) is 7.24. The molecule has 2 amide bonds. The maximum atomic E-state index is 12.2. The number of carbonyl (C=O) groups excluding carboxylic acids is 2. The molecule has 120 valence electrons. The number of nitrogens with two attached hydrogens (primary N) is 1. The Bertz CT molecular complexity index is 524. The van der Waals surface area contributed by atoms with Gasteiger partial charge in [-0.15, -0.1) is 0 Å². The molecule has 2 rings (SSSR count). The second-order valence-electron chi connectivity index (χ2n) is 6.03. The molecule has 1 atom stereocenters. The smallest absolute Gasteiger partial charge is 0.228 e. The van der Waals surface area contributed by atoms with Crippen molar-refractivity contribution in [3.8, 4) is 0 Å². The fraction of sp³-hybridized carbons (Fsp3) is 0.529. The Hall–Kier alpha value is -1.88. The second-order valence-corrected chi connectivity index (χ2v) is 6.03. The Morgan fingerprint density at radius 3 is 2.45 bits per heavy atom. The summed E-state index contributed by atoms with van der Waals surface area (Å²) >= 11 is 0. The van der Waals surface area contributed by atoms with Crippen LogP contribution in [0.1, 0.15) is 39.0 Å². The van der Waals surface area contributed by atoms with Gasteiger partial charge in [0.05, 0.1) is 0 Å². The molecular formula is C17H25N3O2. The highest BCUT2D eigenvalue weighted by molar-refractivity contribution is 5.95. The van der Waals surface area contributed by atoms with E-state index in [1.165, 1.54) is 6.42 Å². The van der Waals surface area contributed by atoms with Crippen molar-refractivity contribution >= 4 is 23.2 Å². The number of anilines is 2. The third-order valence-electron chi connectivity index (χ3n) is 4.17. The molecule has 0 aliphatic heterocycles. The minimum absolute atomic E-state index is 0.0819. The first-order valence-corrected chi connectivity index (χ1v) is 8.02. The largest absolute Gasteiger partial charge is 0.330 e. The molecule has 1 aromatic rings. The first kappa shape index (κ1) is 16.5. The van der Waals surface area contributed by atoms with E-state index >= 15 is 0 Å². The van der Waals surface area contributed by atoms with Crippen molar-refractivity contribution < 1.29 is 9.59 Å². The van der Waals surface area contributed by atoms with Gasteiger partial charge in [-0.2, -0.15) is 0 Å². The van der Waals surface area contributed by atoms with E-state index in [-0.39, 0.29) is 23.7 Å². The molecule has 0 aromatic heterocycles. The van der Waals surface area contributed by atoms with E-state index in [0.717, 1.165) is 25.7 Å². The Morgan fingerprint density at radius 2 is 1.82 bits per heavy atom. The van der Waals surface area contributed by atoms with E-state index in [9.17, 15) is 9.59 Å². The van der Waals surface area contributed by atoms with Gasteiger partial charge in [-0.1, -0.05) is 32.3 Å². The van der Waals surface area contributed by atoms with Gasteiger partial charge in [0.2, 0.25) is 11.8 Å². The third-order valence-corrected chi connectivity index (χ3v) is 4.17. The summed E-state index contributed by atoms with van der Waals surface area (Å²) in [4.78, 5) is 24.1. The van der Waals surface area contributed by atoms with Gasteiger partial charge in [0.15, 0.2) is 0 Å². The molecule has 1 saturated carbocycles. The zero-order chi connectivity index (χ0) is 15.9. The first-order chi connectivity index (χ1) is 10.6. The zero-order valence-corrected chi connectivity index (χ0v) is 13.1. The number of amides is 2. The molecule has 1 aliphatic carbocycles. The van der Waals surface area contributed by atoms with Crippen molar-refractivity contribution in [3.63, 3.8) is 0 Å². The molecule has 1 aromatic carbocycles. The van der Waals surface area contributed by atoms with Crippen molar-refractivity contribution in [1.82, 2.24) is 0 Å². The number of hydrogen-bond acceptors (Lipinski definition) is 3. The standard InChI is InChI=1S/C17H25N3O2/c1-12(11-18)16(21)19-14-8-5-9-15(10-14)20-17(22)13-6-3-2-4-7-13/h5,8-10,12-13H,2-4,6-7,11,18H2,1H3,(H,19,21)(H,20,22). The van der Waals surface area contributed by atoms with Crippen LogP contribution in [0, 0.1) is 11.8 Å². The maximum absolute atomic E-state index is 12.2. The highest BCUT2D eigenvalue weighted by Gasteiger charge is 2.21. The van der Waals surface area contributed by atoms with E-state index in [1.807, 2.05) is 12.1 Å². The van der Waals surface area contributed by atoms with Crippen LogP contribution >= 0.6 is 0 Å². The number of benzene rings is 1. The monoisotopic (exact) mass is 303 g/mol. The average Bonchev–Trinajstić information content (AvgIpc) is 2.55. The van der Waals surface area contributed by atoms with Crippen LogP contribution in [0.3, 0.4) is 0 Å². The predicted octanol–water partition coefficient (Wildman–Crippen LogP) is 2.74. The second kappa shape index (κ2) is 7.94. The van der Waals surface area contributed by atoms with Gasteiger partial charge < -0.3 is 16.4 Å². The van der Waals surface area contributed by atoms with Crippen molar-refractivity contribution in [2.24, 2.45) is 17.6 Å². The first-order valence-electron chi connectivity index (χ1n) is 8.02. The number of hydrogen-bond donors (Lipinski definition) is 3. The van der Waals surface area contributed by atoms with Crippen LogP contribution in [0.4, 0.5) is 11.4 Å². The molecule has 5 nitrogen and oxygen atoms in total. The van der Waals surface area contributed by atoms with E-state index in [1.54, 1.807) is 19.1 Å². The summed E-state index contributed by atoms with van der Waals surface area (Å²) in [5.41, 5.74) is 6.88. The van der Waals surface area contributed by atoms with Gasteiger partial charge in [0, 0.05) is 29.8 Å². The summed E-state index contributed by atoms with van der Waals surface area (Å²) in [6.07, 6.45) is 5.42. The lowest BCUT2D eigenvalue weighted by Gasteiger charge is -2.21. The van der Waals surface area contributed by atoms with Crippen molar-refractivity contribution in [1.29, 1.82) is 0 Å². The van der Waals surface area contributed by atoms with E-state index in [2.05, 4.69) is 10.6 Å². The van der Waals surface area contributed by atoms with Crippen LogP contribution in [0.2, 0.25) is 0 Å². The highest BCUT2D eigenvalue weighted by atomic mass is 16.2. The minimum Gasteiger partial charge on any atom is -0.330 e. The van der Waals surface area contributed by atoms with Crippen molar-refractivity contribution in [2.45, 2.75) is 39.0 Å². The quantitative estimate of drug-likeness (QED) is 0.782. The molecular weight excluding hydrogens is 278 g/mol. The van der Waals surface area contributed by atoms with Gasteiger partial charge in [-0.25, -0.2) is 0 Å². The molecule has 1 unspecified atom stereocenters. The SMILES string of the molecule is CC(CN)C(=O)Nc1cccc(NC(=O)C2CCCCC2)c1. The van der Waals surface area contributed by atoms with Crippen LogP contribution in [0.5, 0.6) is 0 Å². The lowest BCUT2D eigenvalue weighted by Crippen LogP contribution is -2.27. The Labute approximate surface area is 131 Å². The van der Waals surface area contributed by atoms with Crippen LogP contribution in [-0.4, -0.2) is 18.4 Å². The number of rotatable bonds is 5. The molecule has 0 spiro atoms. The Kier molecular flexibility index (Phi) is 5.95. The van der Waals surface area contributed by atoms with Gasteiger partial charge in [0.25, 0.3) is 0 Å². The van der Waals surface area contributed by atoms with E-state index < -0.39 is 0 Å². The highest BCUT2D eigenvalue weighted by Crippen LogP contribution is 2.25. The summed E-state index contributed by atoms with van der Waals surface area (Å²) in [5.74, 6) is -0.151. The lowest BCUT2D eigenvalue weighted by molar-refractivity contribution is -0.121. The van der Waals surface area contributed by atoms with Gasteiger partial charge in [-0.05, 0) is 31.0 Å². The van der Waals surface area contributed by atoms with Crippen LogP contribution < -0.4 is 16.4 Å². The maximum Gasteiger partial charge on any atom is 0.228 e. The molecule has 4 N–H and O–H groups in total. The zero-order valence-electron chi connectivity index (χ0n) is 13.1. The summed E-state index contributed by atoms with van der Waals surface area (Å²) in [6.45, 7) is 2.09. The average molecular weight is 303 g/mol. The van der Waals surface area contributed by atoms with E-state index in [0.29, 0.717) is 17.9 Å². The summed E-state index contributed by atoms with van der Waals surface area (Å²) in [5, 5.41) is 5.77. The molecule has 1 fully saturated rings. The molecule has 5 heteroatoms. The normalized spacial score (nSPS) is 16.8. The fourth-order valence-corrected chi connectivity index (χ4v) is 2.66.